The van der Waals surface area contributed by atoms with Crippen molar-refractivity contribution in [2.75, 3.05) is 6.54 Å². The summed E-state index contributed by atoms with van der Waals surface area (Å²) in [4.78, 5) is 0. The molecule has 3 heteroatoms. The zero-order valence-electron chi connectivity index (χ0n) is 9.12. The molecular formula is C13H15BrN2. The van der Waals surface area contributed by atoms with E-state index in [9.17, 15) is 0 Å². The van der Waals surface area contributed by atoms with Crippen molar-refractivity contribution in [2.24, 2.45) is 0 Å². The third kappa shape index (κ3) is 2.02. The molecule has 1 aromatic carbocycles. The molecule has 1 aromatic heterocycles. The average Bonchev–Trinajstić information content (AvgIpc) is 3.06. The topological polar surface area (TPSA) is 17.0 Å². The van der Waals surface area contributed by atoms with Gasteiger partial charge in [-0.3, -0.25) is 0 Å². The Bertz CT molecular complexity index is 500. The standard InChI is InChI=1S/C13H15BrN2/c14-12-9-16(8-7-15-10-5-6-10)13-4-2-1-3-11(12)13/h1-4,9-10,15H,5-8H2. The number of nitrogens with one attached hydrogen (secondary N) is 1. The molecule has 2 nitrogen and oxygen atoms in total. The zero-order valence-corrected chi connectivity index (χ0v) is 10.7. The van der Waals surface area contributed by atoms with Gasteiger partial charge in [0.15, 0.2) is 0 Å². The molecule has 0 aliphatic heterocycles. The fraction of sp³-hybridized carbons (Fsp3) is 0.385. The zero-order chi connectivity index (χ0) is 11.0. The van der Waals surface area contributed by atoms with Crippen LogP contribution in [0.5, 0.6) is 0 Å². The van der Waals surface area contributed by atoms with Gasteiger partial charge in [-0.25, -0.2) is 0 Å². The van der Waals surface area contributed by atoms with Crippen molar-refractivity contribution < 1.29 is 0 Å². The van der Waals surface area contributed by atoms with Gasteiger partial charge in [-0.1, -0.05) is 18.2 Å². The predicted octanol–water partition coefficient (Wildman–Crippen LogP) is 3.16. The molecule has 0 spiro atoms. The van der Waals surface area contributed by atoms with Crippen LogP contribution < -0.4 is 5.32 Å². The Balaban J connectivity index is 1.79. The molecule has 1 aliphatic carbocycles. The van der Waals surface area contributed by atoms with Crippen molar-refractivity contribution in [3.8, 4) is 0 Å². The normalized spacial score (nSPS) is 15.8. The maximum Gasteiger partial charge on any atom is 0.0492 e. The molecule has 0 atom stereocenters. The van der Waals surface area contributed by atoms with E-state index in [2.05, 4.69) is 56.3 Å². The summed E-state index contributed by atoms with van der Waals surface area (Å²) in [5, 5.41) is 4.84. The van der Waals surface area contributed by atoms with Crippen LogP contribution in [0, 0.1) is 0 Å². The van der Waals surface area contributed by atoms with E-state index in [0.29, 0.717) is 0 Å². The number of rotatable bonds is 4. The highest BCUT2D eigenvalue weighted by Crippen LogP contribution is 2.25. The number of fused-ring (bicyclic) bond motifs is 1. The van der Waals surface area contributed by atoms with E-state index < -0.39 is 0 Å². The molecule has 2 aromatic rings. The lowest BCUT2D eigenvalue weighted by Gasteiger charge is -2.05. The summed E-state index contributed by atoms with van der Waals surface area (Å²) in [6.07, 6.45) is 4.89. The highest BCUT2D eigenvalue weighted by Gasteiger charge is 2.19. The quantitative estimate of drug-likeness (QED) is 0.909. The fourth-order valence-electron chi connectivity index (χ4n) is 2.06. The van der Waals surface area contributed by atoms with Gasteiger partial charge >= 0.3 is 0 Å². The molecule has 1 heterocycles. The van der Waals surface area contributed by atoms with Crippen LogP contribution >= 0.6 is 15.9 Å². The van der Waals surface area contributed by atoms with Crippen LogP contribution in [0.4, 0.5) is 0 Å². The average molecular weight is 279 g/mol. The van der Waals surface area contributed by atoms with E-state index in [-0.39, 0.29) is 0 Å². The first-order chi connectivity index (χ1) is 7.84. The number of hydrogen-bond donors (Lipinski definition) is 1. The number of nitrogens with zero attached hydrogens (tertiary/aromatic N) is 1. The molecule has 0 amide bonds. The van der Waals surface area contributed by atoms with Crippen LogP contribution in [-0.2, 0) is 6.54 Å². The molecular weight excluding hydrogens is 264 g/mol. The summed E-state index contributed by atoms with van der Waals surface area (Å²) in [5.41, 5.74) is 1.31. The minimum atomic E-state index is 0.797. The first-order valence-electron chi connectivity index (χ1n) is 5.81. The molecule has 1 N–H and O–H groups in total. The minimum Gasteiger partial charge on any atom is -0.345 e. The van der Waals surface area contributed by atoms with Crippen LogP contribution in [0.25, 0.3) is 10.9 Å². The van der Waals surface area contributed by atoms with Crippen LogP contribution in [0.3, 0.4) is 0 Å². The Labute approximate surface area is 104 Å². The molecule has 0 radical (unpaired) electrons. The highest BCUT2D eigenvalue weighted by atomic mass is 79.9. The summed E-state index contributed by atoms with van der Waals surface area (Å²) in [5.74, 6) is 0. The van der Waals surface area contributed by atoms with E-state index in [1.807, 2.05) is 0 Å². The summed E-state index contributed by atoms with van der Waals surface area (Å²) in [6, 6.07) is 9.31. The Kier molecular flexibility index (Phi) is 2.74. The SMILES string of the molecule is Brc1cn(CCNC2CC2)c2ccccc12. The van der Waals surface area contributed by atoms with Crippen molar-refractivity contribution >= 4 is 26.8 Å². The molecule has 16 heavy (non-hydrogen) atoms. The lowest BCUT2D eigenvalue weighted by molar-refractivity contribution is 0.606. The molecule has 1 aliphatic rings. The van der Waals surface area contributed by atoms with Gasteiger partial charge < -0.3 is 9.88 Å². The summed E-state index contributed by atoms with van der Waals surface area (Å²) in [6.45, 7) is 2.11. The van der Waals surface area contributed by atoms with Gasteiger partial charge in [0, 0.05) is 40.7 Å². The largest absolute Gasteiger partial charge is 0.345 e. The number of aromatic nitrogens is 1. The smallest absolute Gasteiger partial charge is 0.0492 e. The maximum absolute atomic E-state index is 3.61. The van der Waals surface area contributed by atoms with E-state index in [1.165, 1.54) is 28.2 Å². The minimum absolute atomic E-state index is 0.797. The third-order valence-electron chi connectivity index (χ3n) is 3.10. The van der Waals surface area contributed by atoms with Crippen molar-refractivity contribution in [1.82, 2.24) is 9.88 Å². The van der Waals surface area contributed by atoms with E-state index in [0.717, 1.165) is 19.1 Å². The number of halogens is 1. The van der Waals surface area contributed by atoms with Crippen molar-refractivity contribution in [3.63, 3.8) is 0 Å². The monoisotopic (exact) mass is 278 g/mol. The number of benzene rings is 1. The van der Waals surface area contributed by atoms with Gasteiger partial charge in [0.25, 0.3) is 0 Å². The van der Waals surface area contributed by atoms with Crippen LogP contribution in [0.15, 0.2) is 34.9 Å². The predicted molar refractivity (Wildman–Crippen MR) is 70.7 cm³/mol. The number of para-hydroxylation sites is 1. The summed E-state index contributed by atoms with van der Waals surface area (Å²) >= 11 is 3.61. The molecule has 1 fully saturated rings. The first-order valence-corrected chi connectivity index (χ1v) is 6.60. The van der Waals surface area contributed by atoms with Gasteiger partial charge in [0.1, 0.15) is 0 Å². The van der Waals surface area contributed by atoms with Gasteiger partial charge in [-0.15, -0.1) is 0 Å². The second-order valence-corrected chi connectivity index (χ2v) is 5.27. The van der Waals surface area contributed by atoms with E-state index in [4.69, 9.17) is 0 Å². The molecule has 1 saturated carbocycles. The lowest BCUT2D eigenvalue weighted by Crippen LogP contribution is -2.21. The molecule has 3 rings (SSSR count). The Hall–Kier alpha value is -0.800. The van der Waals surface area contributed by atoms with Gasteiger partial charge in [0.05, 0.1) is 0 Å². The van der Waals surface area contributed by atoms with Crippen LogP contribution in [0.2, 0.25) is 0 Å². The van der Waals surface area contributed by atoms with Crippen molar-refractivity contribution in [2.45, 2.75) is 25.4 Å². The maximum atomic E-state index is 3.61. The van der Waals surface area contributed by atoms with Gasteiger partial charge in [0.2, 0.25) is 0 Å². The Morgan fingerprint density at radius 1 is 1.31 bits per heavy atom. The summed E-state index contributed by atoms with van der Waals surface area (Å²) in [7, 11) is 0. The van der Waals surface area contributed by atoms with E-state index in [1.54, 1.807) is 0 Å². The molecule has 84 valence electrons. The Morgan fingerprint density at radius 2 is 2.12 bits per heavy atom. The van der Waals surface area contributed by atoms with Crippen molar-refractivity contribution in [1.29, 1.82) is 0 Å². The van der Waals surface area contributed by atoms with Crippen molar-refractivity contribution in [3.05, 3.63) is 34.9 Å². The number of hydrogen-bond acceptors (Lipinski definition) is 1. The van der Waals surface area contributed by atoms with Crippen LogP contribution in [-0.4, -0.2) is 17.2 Å². The Morgan fingerprint density at radius 3 is 2.94 bits per heavy atom. The molecule has 0 saturated heterocycles. The fourth-order valence-corrected chi connectivity index (χ4v) is 2.65. The first kappa shape index (κ1) is 10.4. The highest BCUT2D eigenvalue weighted by molar-refractivity contribution is 9.10. The lowest BCUT2D eigenvalue weighted by atomic mass is 10.2. The molecule has 0 unspecified atom stereocenters. The van der Waals surface area contributed by atoms with E-state index >= 15 is 0 Å². The second kappa shape index (κ2) is 4.22. The van der Waals surface area contributed by atoms with Crippen LogP contribution in [0.1, 0.15) is 12.8 Å². The third-order valence-corrected chi connectivity index (χ3v) is 3.73. The second-order valence-electron chi connectivity index (χ2n) is 4.42. The van der Waals surface area contributed by atoms with Gasteiger partial charge in [-0.2, -0.15) is 0 Å². The van der Waals surface area contributed by atoms with Gasteiger partial charge in [-0.05, 0) is 34.8 Å². The molecule has 0 bridgehead atoms. The summed E-state index contributed by atoms with van der Waals surface area (Å²) < 4.78 is 3.50.